The minimum absolute atomic E-state index is 0.0861. The first kappa shape index (κ1) is 21.9. The van der Waals surface area contributed by atoms with Crippen LogP contribution in [0.1, 0.15) is 33.8 Å². The maximum absolute atomic E-state index is 13.7. The van der Waals surface area contributed by atoms with Crippen LogP contribution in [0.15, 0.2) is 36.4 Å². The molecule has 0 spiro atoms. The van der Waals surface area contributed by atoms with Crippen LogP contribution in [0.5, 0.6) is 5.75 Å². The Kier molecular flexibility index (Phi) is 6.52. The highest BCUT2D eigenvalue weighted by Gasteiger charge is 2.38. The second-order valence-corrected chi connectivity index (χ2v) is 6.94. The molecule has 1 aliphatic heterocycles. The molecule has 3 rings (SSSR count). The topological polar surface area (TPSA) is 73.9 Å². The highest BCUT2D eigenvalue weighted by Crippen LogP contribution is 2.40. The minimum Gasteiger partial charge on any atom is -0.465 e. The summed E-state index contributed by atoms with van der Waals surface area (Å²) in [5.74, 6) is -1.31. The lowest BCUT2D eigenvalue weighted by atomic mass is 9.90. The van der Waals surface area contributed by atoms with Crippen molar-refractivity contribution in [3.63, 3.8) is 0 Å². The normalized spacial score (nSPS) is 16.2. The quantitative estimate of drug-likeness (QED) is 0.652. The number of carbonyl (C=O) groups excluding carboxylic acids is 2. The zero-order valence-electron chi connectivity index (χ0n) is 15.7. The number of hydrogen-bond donors (Lipinski definition) is 1. The third kappa shape index (κ3) is 5.03. The summed E-state index contributed by atoms with van der Waals surface area (Å²) < 4.78 is 56.0. The van der Waals surface area contributed by atoms with Crippen molar-refractivity contribution in [3.05, 3.63) is 58.1 Å². The van der Waals surface area contributed by atoms with Gasteiger partial charge in [0.25, 0.3) is 0 Å². The second kappa shape index (κ2) is 8.93. The monoisotopic (exact) mass is 443 g/mol. The lowest BCUT2D eigenvalue weighted by Crippen LogP contribution is -2.21. The lowest BCUT2D eigenvalue weighted by molar-refractivity contribution is -0.138. The standard InChI is InChI=1S/C20H17ClF3NO5/c1-28-18(26)15-8-14(11-6-7-29-10-11)16(20(22,23)24)9-17(15)25-19(27)30-13-4-2-12(21)3-5-13/h2-5,8-9,11H,6-7,10H2,1H3,(H,25,27)/t11-/m0/s1. The van der Waals surface area contributed by atoms with Crippen LogP contribution in [0.4, 0.5) is 23.7 Å². The largest absolute Gasteiger partial charge is 0.465 e. The van der Waals surface area contributed by atoms with Crippen molar-refractivity contribution >= 4 is 29.4 Å². The Morgan fingerprint density at radius 2 is 1.90 bits per heavy atom. The smallest absolute Gasteiger partial charge is 0.417 e. The van der Waals surface area contributed by atoms with Gasteiger partial charge in [0, 0.05) is 17.5 Å². The number of methoxy groups -OCH3 is 1. The van der Waals surface area contributed by atoms with Gasteiger partial charge in [-0.15, -0.1) is 0 Å². The Hall–Kier alpha value is -2.78. The van der Waals surface area contributed by atoms with Crippen molar-refractivity contribution in [2.45, 2.75) is 18.5 Å². The molecule has 1 aliphatic rings. The molecular weight excluding hydrogens is 427 g/mol. The Bertz CT molecular complexity index is 941. The summed E-state index contributed by atoms with van der Waals surface area (Å²) in [7, 11) is 1.09. The number of alkyl halides is 3. The Morgan fingerprint density at radius 3 is 2.47 bits per heavy atom. The van der Waals surface area contributed by atoms with Crippen LogP contribution >= 0.6 is 11.6 Å². The molecule has 1 heterocycles. The maximum atomic E-state index is 13.7. The number of carbonyl (C=O) groups is 2. The van der Waals surface area contributed by atoms with E-state index >= 15 is 0 Å². The van der Waals surface area contributed by atoms with E-state index in [0.717, 1.165) is 13.2 Å². The Labute approximate surface area is 174 Å². The third-order valence-electron chi connectivity index (χ3n) is 4.53. The van der Waals surface area contributed by atoms with Gasteiger partial charge in [-0.1, -0.05) is 11.6 Å². The molecule has 1 N–H and O–H groups in total. The van der Waals surface area contributed by atoms with E-state index in [1.165, 1.54) is 24.3 Å². The fourth-order valence-corrected chi connectivity index (χ4v) is 3.23. The van der Waals surface area contributed by atoms with Crippen molar-refractivity contribution in [1.82, 2.24) is 0 Å². The predicted molar refractivity (Wildman–Crippen MR) is 102 cm³/mol. The summed E-state index contributed by atoms with van der Waals surface area (Å²) >= 11 is 5.76. The van der Waals surface area contributed by atoms with E-state index in [1.54, 1.807) is 0 Å². The second-order valence-electron chi connectivity index (χ2n) is 6.50. The molecule has 2 aromatic rings. The molecular formula is C20H17ClF3NO5. The SMILES string of the molecule is COC(=O)c1cc([C@H]2CCOC2)c(C(F)(F)F)cc1NC(=O)Oc1ccc(Cl)cc1. The van der Waals surface area contributed by atoms with Gasteiger partial charge in [-0.3, -0.25) is 5.32 Å². The van der Waals surface area contributed by atoms with Gasteiger partial charge in [0.2, 0.25) is 0 Å². The van der Waals surface area contributed by atoms with Crippen LogP contribution in [0.2, 0.25) is 5.02 Å². The van der Waals surface area contributed by atoms with E-state index in [-0.39, 0.29) is 29.2 Å². The van der Waals surface area contributed by atoms with Crippen molar-refractivity contribution in [1.29, 1.82) is 0 Å². The molecule has 1 atom stereocenters. The maximum Gasteiger partial charge on any atom is 0.417 e. The molecule has 1 fully saturated rings. The van der Waals surface area contributed by atoms with Gasteiger partial charge in [-0.25, -0.2) is 9.59 Å². The van der Waals surface area contributed by atoms with Gasteiger partial charge in [-0.2, -0.15) is 13.2 Å². The van der Waals surface area contributed by atoms with Crippen molar-refractivity contribution < 1.29 is 37.0 Å². The predicted octanol–water partition coefficient (Wildman–Crippen LogP) is 5.26. The van der Waals surface area contributed by atoms with Gasteiger partial charge in [0.05, 0.1) is 30.5 Å². The van der Waals surface area contributed by atoms with Crippen LogP contribution in [0.25, 0.3) is 0 Å². The molecule has 0 unspecified atom stereocenters. The van der Waals surface area contributed by atoms with E-state index in [0.29, 0.717) is 24.1 Å². The summed E-state index contributed by atoms with van der Waals surface area (Å²) in [6.45, 7) is 0.429. The number of amides is 1. The molecule has 1 amide bonds. The molecule has 0 saturated carbocycles. The van der Waals surface area contributed by atoms with Crippen molar-refractivity contribution in [3.8, 4) is 5.75 Å². The fraction of sp³-hybridized carbons (Fsp3) is 0.300. The van der Waals surface area contributed by atoms with Crippen LogP contribution in [-0.4, -0.2) is 32.4 Å². The number of halogens is 4. The van der Waals surface area contributed by atoms with Crippen LogP contribution in [0.3, 0.4) is 0 Å². The minimum atomic E-state index is -4.71. The molecule has 10 heteroatoms. The number of esters is 1. The summed E-state index contributed by atoms with van der Waals surface area (Å²) in [6.07, 6.45) is -5.40. The fourth-order valence-electron chi connectivity index (χ4n) is 3.11. The van der Waals surface area contributed by atoms with Crippen LogP contribution in [0, 0.1) is 0 Å². The van der Waals surface area contributed by atoms with E-state index in [4.69, 9.17) is 21.1 Å². The zero-order chi connectivity index (χ0) is 21.9. The van der Waals surface area contributed by atoms with Crippen LogP contribution in [-0.2, 0) is 15.7 Å². The Morgan fingerprint density at radius 1 is 1.20 bits per heavy atom. The first-order valence-corrected chi connectivity index (χ1v) is 9.22. The number of ether oxygens (including phenoxy) is 3. The highest BCUT2D eigenvalue weighted by atomic mass is 35.5. The van der Waals surface area contributed by atoms with Gasteiger partial charge in [-0.05, 0) is 48.4 Å². The molecule has 0 radical (unpaired) electrons. The number of benzene rings is 2. The van der Waals surface area contributed by atoms with Gasteiger partial charge >= 0.3 is 18.2 Å². The molecule has 0 aromatic heterocycles. The van der Waals surface area contributed by atoms with E-state index in [9.17, 15) is 22.8 Å². The number of anilines is 1. The molecule has 0 aliphatic carbocycles. The molecule has 1 saturated heterocycles. The average Bonchev–Trinajstić information content (AvgIpc) is 3.23. The van der Waals surface area contributed by atoms with E-state index in [2.05, 4.69) is 10.1 Å². The van der Waals surface area contributed by atoms with E-state index < -0.39 is 29.7 Å². The lowest BCUT2D eigenvalue weighted by Gasteiger charge is -2.20. The molecule has 160 valence electrons. The summed E-state index contributed by atoms with van der Waals surface area (Å²) in [5, 5.41) is 2.61. The van der Waals surface area contributed by atoms with E-state index in [1.807, 2.05) is 0 Å². The highest BCUT2D eigenvalue weighted by molar-refractivity contribution is 6.30. The molecule has 2 aromatic carbocycles. The zero-order valence-corrected chi connectivity index (χ0v) is 16.5. The molecule has 6 nitrogen and oxygen atoms in total. The van der Waals surface area contributed by atoms with Crippen molar-refractivity contribution in [2.75, 3.05) is 25.6 Å². The number of nitrogens with one attached hydrogen (secondary N) is 1. The Balaban J connectivity index is 1.97. The summed E-state index contributed by atoms with van der Waals surface area (Å²) in [6, 6.07) is 7.57. The first-order valence-electron chi connectivity index (χ1n) is 8.84. The number of hydrogen-bond acceptors (Lipinski definition) is 5. The van der Waals surface area contributed by atoms with Gasteiger partial charge < -0.3 is 14.2 Å². The van der Waals surface area contributed by atoms with Gasteiger partial charge in [0.15, 0.2) is 0 Å². The summed E-state index contributed by atoms with van der Waals surface area (Å²) in [4.78, 5) is 24.4. The van der Waals surface area contributed by atoms with Gasteiger partial charge in [0.1, 0.15) is 5.75 Å². The van der Waals surface area contributed by atoms with Crippen molar-refractivity contribution in [2.24, 2.45) is 0 Å². The summed E-state index contributed by atoms with van der Waals surface area (Å²) in [5.41, 5.74) is -1.65. The third-order valence-corrected chi connectivity index (χ3v) is 4.78. The average molecular weight is 444 g/mol. The first-order chi connectivity index (χ1) is 14.2. The number of rotatable bonds is 4. The molecule has 30 heavy (non-hydrogen) atoms. The van der Waals surface area contributed by atoms with Crippen LogP contribution < -0.4 is 10.1 Å². The molecule has 0 bridgehead atoms.